The molecule has 25 heavy (non-hydrogen) atoms. The lowest BCUT2D eigenvalue weighted by atomic mass is 9.61. The maximum absolute atomic E-state index is 12.0. The normalized spacial score (nSPS) is 33.7. The van der Waals surface area contributed by atoms with Gasteiger partial charge in [-0.2, -0.15) is 5.10 Å². The van der Waals surface area contributed by atoms with Crippen LogP contribution in [0.1, 0.15) is 27.2 Å². The van der Waals surface area contributed by atoms with Crippen LogP contribution in [0.2, 0.25) is 0 Å². The Morgan fingerprint density at radius 3 is 2.84 bits per heavy atom. The number of aliphatic imine (C=N–C) groups is 2. The number of carbonyl (C=O) groups is 1. The Kier molecular flexibility index (Phi) is 3.34. The topological polar surface area (TPSA) is 104 Å². The van der Waals surface area contributed by atoms with Crippen molar-refractivity contribution in [2.24, 2.45) is 32.2 Å². The Hall–Kier alpha value is -2.54. The van der Waals surface area contributed by atoms with Crippen LogP contribution in [0, 0.1) is 11.3 Å². The first-order chi connectivity index (χ1) is 11.9. The van der Waals surface area contributed by atoms with Crippen molar-refractivity contribution in [1.82, 2.24) is 10.7 Å². The summed E-state index contributed by atoms with van der Waals surface area (Å²) < 4.78 is 0. The average molecular weight is 338 g/mol. The Labute approximate surface area is 146 Å². The molecule has 3 heterocycles. The van der Waals surface area contributed by atoms with Gasteiger partial charge in [0.25, 0.3) is 5.91 Å². The first-order valence-electron chi connectivity index (χ1n) is 8.44. The van der Waals surface area contributed by atoms with E-state index in [0.29, 0.717) is 12.3 Å². The van der Waals surface area contributed by atoms with Crippen molar-refractivity contribution < 1.29 is 4.79 Å². The highest BCUT2D eigenvalue weighted by atomic mass is 16.2. The summed E-state index contributed by atoms with van der Waals surface area (Å²) in [6.45, 7) is 6.90. The van der Waals surface area contributed by atoms with E-state index in [1.807, 2.05) is 13.0 Å². The first-order valence-corrected chi connectivity index (χ1v) is 8.44. The fourth-order valence-electron chi connectivity index (χ4n) is 4.27. The molecule has 4 N–H and O–H groups in total. The number of carbonyl (C=O) groups excluding carboxylic acids is 1. The predicted molar refractivity (Wildman–Crippen MR) is 98.2 cm³/mol. The Morgan fingerprint density at radius 2 is 2.24 bits per heavy atom. The van der Waals surface area contributed by atoms with Crippen LogP contribution in [-0.2, 0) is 4.79 Å². The van der Waals surface area contributed by atoms with E-state index in [1.165, 1.54) is 11.1 Å². The van der Waals surface area contributed by atoms with Crippen molar-refractivity contribution in [3.63, 3.8) is 0 Å². The molecule has 0 aromatic heterocycles. The number of nitrogens with zero attached hydrogens (tertiary/aromatic N) is 3. The maximum atomic E-state index is 12.0. The molecule has 1 aliphatic carbocycles. The standard InChI is InChI=1S/C18H22N6O/c1-10-14-12(6-17(14,2)3)18(9-19,23-10)7-13-15(21-5-4-20-13)11-8-22-24-16(11)25/h4-5,7-8,11,20H,6,9,19H2,1-3H3,(H,24,25). The van der Waals surface area contributed by atoms with Crippen LogP contribution in [-0.4, -0.2) is 35.6 Å². The van der Waals surface area contributed by atoms with E-state index in [-0.39, 0.29) is 11.3 Å². The number of nitrogens with two attached hydrogens (primary N) is 1. The number of nitrogens with one attached hydrogen (secondary N) is 2. The monoisotopic (exact) mass is 338 g/mol. The molecule has 0 aromatic rings. The summed E-state index contributed by atoms with van der Waals surface area (Å²) >= 11 is 0. The van der Waals surface area contributed by atoms with Crippen LogP contribution >= 0.6 is 0 Å². The Morgan fingerprint density at radius 1 is 1.44 bits per heavy atom. The SMILES string of the molecule is CC1=NC(C=C2NC=CN=C2C2C=NNC2=O)(CN)C2=C1C(C)(C)C2. The van der Waals surface area contributed by atoms with Gasteiger partial charge in [0.1, 0.15) is 11.5 Å². The molecule has 0 spiro atoms. The van der Waals surface area contributed by atoms with E-state index in [4.69, 9.17) is 10.7 Å². The van der Waals surface area contributed by atoms with Crippen molar-refractivity contribution in [3.8, 4) is 0 Å². The van der Waals surface area contributed by atoms with Gasteiger partial charge in [0.15, 0.2) is 0 Å². The fourth-order valence-corrected chi connectivity index (χ4v) is 4.27. The summed E-state index contributed by atoms with van der Waals surface area (Å²) in [7, 11) is 0. The largest absolute Gasteiger partial charge is 0.359 e. The minimum Gasteiger partial charge on any atom is -0.359 e. The second-order valence-corrected chi connectivity index (χ2v) is 7.50. The first kappa shape index (κ1) is 16.0. The van der Waals surface area contributed by atoms with Crippen LogP contribution in [0.3, 0.4) is 0 Å². The zero-order chi connectivity index (χ0) is 17.8. The quantitative estimate of drug-likeness (QED) is 0.715. The molecule has 1 amide bonds. The predicted octanol–water partition coefficient (Wildman–Crippen LogP) is 1.02. The second kappa shape index (κ2) is 5.23. The molecule has 2 atom stereocenters. The van der Waals surface area contributed by atoms with Gasteiger partial charge in [0, 0.05) is 30.9 Å². The Bertz CT molecular complexity index is 842. The fraction of sp³-hybridized carbons (Fsp3) is 0.444. The Balaban J connectivity index is 1.77. The molecule has 3 aliphatic heterocycles. The van der Waals surface area contributed by atoms with Crippen molar-refractivity contribution in [3.05, 3.63) is 35.3 Å². The number of rotatable bonds is 3. The molecule has 0 saturated carbocycles. The molecular formula is C18H22N6O. The van der Waals surface area contributed by atoms with Crippen LogP contribution < -0.4 is 16.5 Å². The van der Waals surface area contributed by atoms with Gasteiger partial charge in [-0.15, -0.1) is 0 Å². The lowest BCUT2D eigenvalue weighted by Gasteiger charge is -2.42. The highest BCUT2D eigenvalue weighted by molar-refractivity contribution is 6.23. The van der Waals surface area contributed by atoms with E-state index in [1.54, 1.807) is 18.6 Å². The van der Waals surface area contributed by atoms with Gasteiger partial charge >= 0.3 is 0 Å². The van der Waals surface area contributed by atoms with Crippen molar-refractivity contribution >= 4 is 23.5 Å². The van der Waals surface area contributed by atoms with Crippen LogP contribution in [0.4, 0.5) is 0 Å². The third kappa shape index (κ3) is 2.22. The molecule has 0 radical (unpaired) electrons. The summed E-state index contributed by atoms with van der Waals surface area (Å²) in [5.41, 5.74) is 13.3. The zero-order valence-electron chi connectivity index (χ0n) is 14.6. The number of hydrogen-bond acceptors (Lipinski definition) is 6. The van der Waals surface area contributed by atoms with E-state index < -0.39 is 11.5 Å². The van der Waals surface area contributed by atoms with Gasteiger partial charge < -0.3 is 11.1 Å². The van der Waals surface area contributed by atoms with Crippen molar-refractivity contribution in [1.29, 1.82) is 0 Å². The van der Waals surface area contributed by atoms with E-state index in [2.05, 4.69) is 34.7 Å². The number of hydrazone groups is 1. The van der Waals surface area contributed by atoms with E-state index in [9.17, 15) is 4.79 Å². The number of amides is 1. The molecule has 7 nitrogen and oxygen atoms in total. The summed E-state index contributed by atoms with van der Waals surface area (Å²) in [6, 6.07) is 0. The van der Waals surface area contributed by atoms with Gasteiger partial charge in [0.2, 0.25) is 0 Å². The van der Waals surface area contributed by atoms with Gasteiger partial charge in [0.05, 0.1) is 11.4 Å². The summed E-state index contributed by atoms with van der Waals surface area (Å²) in [6.07, 6.45) is 7.95. The average Bonchev–Trinajstić information content (AvgIpc) is 3.07. The minimum atomic E-state index is -0.560. The van der Waals surface area contributed by atoms with Gasteiger partial charge in [-0.1, -0.05) is 13.8 Å². The molecule has 0 fully saturated rings. The summed E-state index contributed by atoms with van der Waals surface area (Å²) in [5.74, 6) is -0.685. The van der Waals surface area contributed by atoms with Crippen LogP contribution in [0.5, 0.6) is 0 Å². The molecule has 0 saturated heterocycles. The van der Waals surface area contributed by atoms with Crippen LogP contribution in [0.25, 0.3) is 0 Å². The number of hydrogen-bond donors (Lipinski definition) is 3. The molecule has 7 heteroatoms. The molecule has 0 aromatic carbocycles. The van der Waals surface area contributed by atoms with E-state index in [0.717, 1.165) is 17.8 Å². The molecular weight excluding hydrogens is 316 g/mol. The molecule has 0 bridgehead atoms. The van der Waals surface area contributed by atoms with Gasteiger partial charge in [-0.25, -0.2) is 5.43 Å². The van der Waals surface area contributed by atoms with Gasteiger partial charge in [-0.3, -0.25) is 14.8 Å². The third-order valence-corrected chi connectivity index (χ3v) is 5.32. The zero-order valence-corrected chi connectivity index (χ0v) is 14.6. The minimum absolute atomic E-state index is 0.146. The van der Waals surface area contributed by atoms with Crippen LogP contribution in [0.15, 0.2) is 50.4 Å². The highest BCUT2D eigenvalue weighted by Crippen LogP contribution is 2.55. The van der Waals surface area contributed by atoms with Gasteiger partial charge in [-0.05, 0) is 36.0 Å². The van der Waals surface area contributed by atoms with E-state index >= 15 is 0 Å². The molecule has 4 rings (SSSR count). The lowest BCUT2D eigenvalue weighted by Crippen LogP contribution is -2.43. The van der Waals surface area contributed by atoms with Crippen molar-refractivity contribution in [2.75, 3.05) is 6.54 Å². The lowest BCUT2D eigenvalue weighted by molar-refractivity contribution is -0.120. The van der Waals surface area contributed by atoms with Crippen molar-refractivity contribution in [2.45, 2.75) is 32.7 Å². The highest BCUT2D eigenvalue weighted by Gasteiger charge is 2.51. The summed E-state index contributed by atoms with van der Waals surface area (Å²) in [4.78, 5) is 21.3. The smallest absolute Gasteiger partial charge is 0.254 e. The summed E-state index contributed by atoms with van der Waals surface area (Å²) in [5, 5.41) is 7.06. The maximum Gasteiger partial charge on any atom is 0.254 e. The third-order valence-electron chi connectivity index (χ3n) is 5.32. The number of allylic oxidation sites excluding steroid dienone is 2. The molecule has 4 aliphatic rings. The molecule has 130 valence electrons. The molecule has 2 unspecified atom stereocenters. The second-order valence-electron chi connectivity index (χ2n) is 7.50.